The van der Waals surface area contributed by atoms with Crippen molar-refractivity contribution < 1.29 is 42.9 Å². The van der Waals surface area contributed by atoms with Crippen LogP contribution in [0.4, 0.5) is 0 Å². The van der Waals surface area contributed by atoms with Gasteiger partial charge in [-0.05, 0) is 12.3 Å². The molecule has 0 amide bonds. The van der Waals surface area contributed by atoms with Gasteiger partial charge in [-0.1, -0.05) is 29.8 Å². The van der Waals surface area contributed by atoms with Crippen LogP contribution in [0.5, 0.6) is 0 Å². The zero-order valence-corrected chi connectivity index (χ0v) is 21.1. The van der Waals surface area contributed by atoms with E-state index in [0.29, 0.717) is 5.70 Å². The third-order valence-corrected chi connectivity index (χ3v) is 6.07. The number of nitrogens with one attached hydrogen (secondary N) is 1. The highest BCUT2D eigenvalue weighted by Crippen LogP contribution is 2.35. The largest absolute Gasteiger partial charge is 0.463 e. The van der Waals surface area contributed by atoms with E-state index in [1.807, 2.05) is 13.8 Å². The first kappa shape index (κ1) is 27.0. The van der Waals surface area contributed by atoms with E-state index < -0.39 is 52.7 Å². The van der Waals surface area contributed by atoms with Crippen molar-refractivity contribution in [1.82, 2.24) is 5.32 Å². The van der Waals surface area contributed by atoms with Crippen molar-refractivity contribution in [2.45, 2.75) is 83.8 Å². The molecule has 2 fully saturated rings. The summed E-state index contributed by atoms with van der Waals surface area (Å²) in [6.07, 6.45) is -2.69. The van der Waals surface area contributed by atoms with E-state index in [2.05, 4.69) is 21.2 Å². The van der Waals surface area contributed by atoms with Crippen LogP contribution in [0.1, 0.15) is 54.4 Å². The number of hydrogen-bond donors (Lipinski definition) is 1. The number of esters is 3. The summed E-state index contributed by atoms with van der Waals surface area (Å²) in [6, 6.07) is -0.838. The molecule has 1 heterocycles. The summed E-state index contributed by atoms with van der Waals surface area (Å²) in [7, 11) is 0. The quantitative estimate of drug-likeness (QED) is 0.177. The third kappa shape index (κ3) is 7.10. The molecule has 2 rings (SSSR count). The van der Waals surface area contributed by atoms with E-state index in [0.717, 1.165) is 0 Å². The fourth-order valence-corrected chi connectivity index (χ4v) is 4.76. The minimum absolute atomic E-state index is 0.0571. The summed E-state index contributed by atoms with van der Waals surface area (Å²) < 4.78 is 21.7. The Morgan fingerprint density at radius 3 is 1.97 bits per heavy atom. The van der Waals surface area contributed by atoms with Gasteiger partial charge in [0, 0.05) is 39.3 Å². The number of alkyl halides is 1. The van der Waals surface area contributed by atoms with E-state index >= 15 is 0 Å². The van der Waals surface area contributed by atoms with Crippen molar-refractivity contribution in [2.75, 3.05) is 6.61 Å². The average molecular weight is 532 g/mol. The molecule has 0 spiro atoms. The van der Waals surface area contributed by atoms with Crippen LogP contribution in [0.2, 0.25) is 0 Å². The van der Waals surface area contributed by atoms with Crippen LogP contribution in [0.15, 0.2) is 11.3 Å². The smallest absolute Gasteiger partial charge is 0.303 e. The van der Waals surface area contributed by atoms with E-state index in [-0.39, 0.29) is 36.6 Å². The van der Waals surface area contributed by atoms with Gasteiger partial charge in [0.05, 0.1) is 5.57 Å². The standard InChI is InChI=1S/C22H30BrNO9/c1-10(17-14(28)7-22(5,6)8-15(17)29)24-18-20(32-13(4)27)19(31-12(3)26)16(33-21(18)23)9-30-11(2)25/h16,18-21,24H,7-9H2,1-6H3/t16-,18+,19-,20-,21+/m1/s1. The fraction of sp³-hybridized carbons (Fsp3) is 0.682. The fourth-order valence-electron chi connectivity index (χ4n) is 4.05. The molecule has 0 aromatic heterocycles. The minimum Gasteiger partial charge on any atom is -0.463 e. The van der Waals surface area contributed by atoms with Crippen molar-refractivity contribution in [2.24, 2.45) is 5.41 Å². The highest BCUT2D eigenvalue weighted by Gasteiger charge is 2.50. The van der Waals surface area contributed by atoms with Gasteiger partial charge in [0.25, 0.3) is 0 Å². The molecule has 11 heteroatoms. The summed E-state index contributed by atoms with van der Waals surface area (Å²) in [4.78, 5) is 60.3. The normalized spacial score (nSPS) is 29.2. The maximum Gasteiger partial charge on any atom is 0.303 e. The second kappa shape index (κ2) is 10.8. The molecule has 0 aromatic rings. The van der Waals surface area contributed by atoms with Crippen molar-refractivity contribution in [3.8, 4) is 0 Å². The number of allylic oxidation sites excluding steroid dienone is 2. The van der Waals surface area contributed by atoms with Crippen LogP contribution < -0.4 is 5.32 Å². The van der Waals surface area contributed by atoms with Gasteiger partial charge in [-0.3, -0.25) is 24.0 Å². The summed E-state index contributed by atoms with van der Waals surface area (Å²) in [6.45, 7) is 8.66. The van der Waals surface area contributed by atoms with E-state index in [1.165, 1.54) is 20.8 Å². The van der Waals surface area contributed by atoms with Crippen molar-refractivity contribution >= 4 is 45.4 Å². The van der Waals surface area contributed by atoms with E-state index in [1.54, 1.807) is 6.92 Å². The van der Waals surface area contributed by atoms with Gasteiger partial charge in [-0.2, -0.15) is 0 Å². The topological polar surface area (TPSA) is 134 Å². The molecule has 5 atom stereocenters. The molecule has 1 aliphatic heterocycles. The Bertz CT molecular complexity index is 844. The van der Waals surface area contributed by atoms with Gasteiger partial charge in [0.15, 0.2) is 23.8 Å². The summed E-state index contributed by atoms with van der Waals surface area (Å²) >= 11 is 3.38. The van der Waals surface area contributed by atoms with Gasteiger partial charge in [0.2, 0.25) is 0 Å². The molecule has 184 valence electrons. The SMILES string of the molecule is CC(=O)OC[C@H]1O[C@H](Br)[C@@H](NC(C)=C2C(=O)CC(C)(C)CC2=O)[C@@H](OC(C)=O)[C@@H]1OC(C)=O. The summed E-state index contributed by atoms with van der Waals surface area (Å²) in [5, 5.41) is 2.25. The molecule has 0 aromatic carbocycles. The van der Waals surface area contributed by atoms with Crippen LogP contribution in [-0.4, -0.2) is 65.4 Å². The molecule has 0 unspecified atom stereocenters. The molecule has 10 nitrogen and oxygen atoms in total. The number of hydrogen-bond acceptors (Lipinski definition) is 10. The number of rotatable bonds is 6. The highest BCUT2D eigenvalue weighted by molar-refractivity contribution is 9.09. The molecule has 1 saturated heterocycles. The Balaban J connectivity index is 2.39. The van der Waals surface area contributed by atoms with E-state index in [4.69, 9.17) is 18.9 Å². The second-order valence-electron chi connectivity index (χ2n) is 9.01. The zero-order chi connectivity index (χ0) is 25.1. The lowest BCUT2D eigenvalue weighted by Gasteiger charge is -2.44. The van der Waals surface area contributed by atoms with Gasteiger partial charge >= 0.3 is 17.9 Å². The number of carbonyl (C=O) groups excluding carboxylic acids is 5. The van der Waals surface area contributed by atoms with Crippen LogP contribution >= 0.6 is 15.9 Å². The van der Waals surface area contributed by atoms with Crippen molar-refractivity contribution in [3.05, 3.63) is 11.3 Å². The number of halogens is 1. The predicted molar refractivity (Wildman–Crippen MR) is 118 cm³/mol. The lowest BCUT2D eigenvalue weighted by molar-refractivity contribution is -0.210. The molecule has 2 aliphatic rings. The highest BCUT2D eigenvalue weighted by atomic mass is 79.9. The van der Waals surface area contributed by atoms with Gasteiger partial charge in [-0.15, -0.1) is 0 Å². The Hall–Kier alpha value is -2.27. The van der Waals surface area contributed by atoms with Crippen molar-refractivity contribution in [3.63, 3.8) is 0 Å². The molecule has 1 aliphatic carbocycles. The van der Waals surface area contributed by atoms with E-state index in [9.17, 15) is 24.0 Å². The Morgan fingerprint density at radius 1 is 0.970 bits per heavy atom. The molecule has 33 heavy (non-hydrogen) atoms. The van der Waals surface area contributed by atoms with Crippen molar-refractivity contribution in [1.29, 1.82) is 0 Å². The first-order chi connectivity index (χ1) is 15.2. The molecule has 0 radical (unpaired) electrons. The lowest BCUT2D eigenvalue weighted by Crippen LogP contribution is -2.64. The van der Waals surface area contributed by atoms with Crippen LogP contribution in [0.25, 0.3) is 0 Å². The molecular formula is C22H30BrNO9. The number of ketones is 2. The summed E-state index contributed by atoms with van der Waals surface area (Å²) in [5.74, 6) is -2.42. The first-order valence-electron chi connectivity index (χ1n) is 10.5. The Morgan fingerprint density at radius 2 is 1.48 bits per heavy atom. The Labute approximate surface area is 200 Å². The minimum atomic E-state index is -1.12. The maximum absolute atomic E-state index is 12.7. The van der Waals surface area contributed by atoms with Crippen LogP contribution in [0, 0.1) is 5.41 Å². The second-order valence-corrected chi connectivity index (χ2v) is 9.91. The zero-order valence-electron chi connectivity index (χ0n) is 19.6. The monoisotopic (exact) mass is 531 g/mol. The van der Waals surface area contributed by atoms with Gasteiger partial charge < -0.3 is 24.3 Å². The van der Waals surface area contributed by atoms with Gasteiger partial charge in [-0.25, -0.2) is 0 Å². The first-order valence-corrected chi connectivity index (χ1v) is 11.4. The van der Waals surface area contributed by atoms with Crippen LogP contribution in [-0.2, 0) is 42.9 Å². The molecular weight excluding hydrogens is 502 g/mol. The lowest BCUT2D eigenvalue weighted by atomic mass is 9.73. The Kier molecular flexibility index (Phi) is 8.81. The molecule has 0 bridgehead atoms. The summed E-state index contributed by atoms with van der Waals surface area (Å²) in [5.41, 5.74) is -0.0634. The number of Topliss-reactive ketones (excluding diaryl/α,β-unsaturated/α-hetero) is 2. The number of carbonyl (C=O) groups is 5. The predicted octanol–water partition coefficient (Wildman–Crippen LogP) is 1.72. The third-order valence-electron chi connectivity index (χ3n) is 5.28. The maximum atomic E-state index is 12.7. The molecule has 1 saturated carbocycles. The van der Waals surface area contributed by atoms with Gasteiger partial charge in [0.1, 0.15) is 23.8 Å². The average Bonchev–Trinajstić information content (AvgIpc) is 2.62. The number of ether oxygens (including phenoxy) is 4. The molecule has 1 N–H and O–H groups in total. The van der Waals surface area contributed by atoms with Crippen LogP contribution in [0.3, 0.4) is 0 Å².